The first kappa shape index (κ1) is 20.1. The Labute approximate surface area is 194 Å². The Kier molecular flexibility index (Phi) is 4.80. The van der Waals surface area contributed by atoms with Crippen molar-refractivity contribution in [1.82, 2.24) is 29.6 Å². The third-order valence-corrected chi connectivity index (χ3v) is 5.94. The molecule has 1 saturated heterocycles. The van der Waals surface area contributed by atoms with E-state index in [0.29, 0.717) is 40.4 Å². The average molecular weight is 452 g/mol. The van der Waals surface area contributed by atoms with Gasteiger partial charge in [-0.2, -0.15) is 0 Å². The van der Waals surface area contributed by atoms with Crippen LogP contribution in [0.3, 0.4) is 0 Å². The number of imidazole rings is 1. The van der Waals surface area contributed by atoms with Crippen LogP contribution >= 0.6 is 0 Å². The van der Waals surface area contributed by atoms with Gasteiger partial charge in [0.2, 0.25) is 11.7 Å². The fourth-order valence-corrected chi connectivity index (χ4v) is 3.87. The molecule has 0 bridgehead atoms. The lowest BCUT2D eigenvalue weighted by Crippen LogP contribution is -2.41. The van der Waals surface area contributed by atoms with Gasteiger partial charge in [0.05, 0.1) is 5.56 Å². The van der Waals surface area contributed by atoms with Crippen molar-refractivity contribution in [2.24, 2.45) is 0 Å². The van der Waals surface area contributed by atoms with Gasteiger partial charge in [0, 0.05) is 55.5 Å². The van der Waals surface area contributed by atoms with Crippen molar-refractivity contribution in [2.75, 3.05) is 13.1 Å². The number of likely N-dealkylation sites (tertiary alicyclic amines) is 1. The first-order valence-electron chi connectivity index (χ1n) is 11.0. The van der Waals surface area contributed by atoms with Gasteiger partial charge in [-0.25, -0.2) is 15.0 Å². The van der Waals surface area contributed by atoms with Crippen LogP contribution in [0.4, 0.5) is 0 Å². The zero-order valence-electron chi connectivity index (χ0n) is 18.1. The Morgan fingerprint density at radius 2 is 1.88 bits per heavy atom. The van der Waals surface area contributed by atoms with Crippen molar-refractivity contribution in [2.45, 2.75) is 13.0 Å². The molecule has 6 rings (SSSR count). The van der Waals surface area contributed by atoms with E-state index in [4.69, 9.17) is 4.42 Å². The molecule has 1 aliphatic heterocycles. The fourth-order valence-electron chi connectivity index (χ4n) is 3.87. The smallest absolute Gasteiger partial charge is 0.254 e. The first-order chi connectivity index (χ1) is 16.6. The number of hydrogen-bond acceptors (Lipinski definition) is 6. The summed E-state index contributed by atoms with van der Waals surface area (Å²) in [6, 6.07) is 13.0. The van der Waals surface area contributed by atoms with E-state index < -0.39 is 0 Å². The number of rotatable bonds is 5. The van der Waals surface area contributed by atoms with E-state index >= 15 is 0 Å². The molecule has 1 N–H and O–H groups in total. The number of hydrogen-bond donors (Lipinski definition) is 1. The molecule has 1 aliphatic rings. The lowest BCUT2D eigenvalue weighted by Gasteiger charge is -2.30. The van der Waals surface area contributed by atoms with Crippen LogP contribution in [0.2, 0.25) is 0 Å². The SMILES string of the molecule is O=C(NCc1ccc(-c2nc3cc(C(=O)N4CCC4)ccc3o2)cc1)c1cnc2nccn2c1. The normalized spacial score (nSPS) is 13.2. The zero-order valence-corrected chi connectivity index (χ0v) is 18.1. The monoisotopic (exact) mass is 452 g/mol. The van der Waals surface area contributed by atoms with Crippen molar-refractivity contribution < 1.29 is 14.0 Å². The van der Waals surface area contributed by atoms with Crippen LogP contribution in [0, 0.1) is 0 Å². The van der Waals surface area contributed by atoms with Gasteiger partial charge in [-0.05, 0) is 42.3 Å². The molecule has 2 amide bonds. The van der Waals surface area contributed by atoms with Crippen LogP contribution < -0.4 is 5.32 Å². The Hall–Kier alpha value is -4.53. The molecule has 5 aromatic rings. The van der Waals surface area contributed by atoms with E-state index in [9.17, 15) is 9.59 Å². The highest BCUT2D eigenvalue weighted by Crippen LogP contribution is 2.26. The fraction of sp³-hybridized carbons (Fsp3) is 0.160. The minimum Gasteiger partial charge on any atom is -0.436 e. The van der Waals surface area contributed by atoms with Crippen molar-refractivity contribution in [3.05, 3.63) is 83.9 Å². The van der Waals surface area contributed by atoms with Crippen molar-refractivity contribution in [3.8, 4) is 11.5 Å². The van der Waals surface area contributed by atoms with Crippen LogP contribution in [-0.2, 0) is 6.54 Å². The Balaban J connectivity index is 1.14. The number of aromatic nitrogens is 4. The molecule has 2 aromatic carbocycles. The summed E-state index contributed by atoms with van der Waals surface area (Å²) in [7, 11) is 0. The van der Waals surface area contributed by atoms with E-state index in [1.165, 1.54) is 6.20 Å². The van der Waals surface area contributed by atoms with Gasteiger partial charge in [0.15, 0.2) is 5.58 Å². The Morgan fingerprint density at radius 1 is 1.03 bits per heavy atom. The molecule has 9 heteroatoms. The number of oxazole rings is 1. The molecule has 9 nitrogen and oxygen atoms in total. The third kappa shape index (κ3) is 3.66. The number of amides is 2. The number of carbonyl (C=O) groups is 2. The van der Waals surface area contributed by atoms with Crippen LogP contribution in [0.15, 0.2) is 71.7 Å². The van der Waals surface area contributed by atoms with Gasteiger partial charge in [0.25, 0.3) is 11.8 Å². The summed E-state index contributed by atoms with van der Waals surface area (Å²) in [4.78, 5) is 39.6. The minimum absolute atomic E-state index is 0.0322. The maximum absolute atomic E-state index is 12.5. The summed E-state index contributed by atoms with van der Waals surface area (Å²) in [6.45, 7) is 1.99. The van der Waals surface area contributed by atoms with Gasteiger partial charge < -0.3 is 14.6 Å². The molecule has 168 valence electrons. The van der Waals surface area contributed by atoms with Crippen molar-refractivity contribution in [3.63, 3.8) is 0 Å². The summed E-state index contributed by atoms with van der Waals surface area (Å²) < 4.78 is 7.60. The number of fused-ring (bicyclic) bond motifs is 2. The van der Waals surface area contributed by atoms with E-state index in [1.54, 1.807) is 41.2 Å². The average Bonchev–Trinajstić information content (AvgIpc) is 3.47. The molecule has 0 unspecified atom stereocenters. The second-order valence-electron chi connectivity index (χ2n) is 8.20. The van der Waals surface area contributed by atoms with Crippen LogP contribution in [-0.4, -0.2) is 49.2 Å². The summed E-state index contributed by atoms with van der Waals surface area (Å²) in [5.74, 6) is 0.851. The summed E-state index contributed by atoms with van der Waals surface area (Å²) in [5, 5.41) is 2.90. The molecule has 1 fully saturated rings. The molecule has 0 atom stereocenters. The van der Waals surface area contributed by atoms with E-state index in [1.807, 2.05) is 29.2 Å². The summed E-state index contributed by atoms with van der Waals surface area (Å²) in [6.07, 6.45) is 7.64. The molecule has 4 heterocycles. The van der Waals surface area contributed by atoms with E-state index in [0.717, 1.165) is 30.6 Å². The number of nitrogens with one attached hydrogen (secondary N) is 1. The largest absolute Gasteiger partial charge is 0.436 e. The highest BCUT2D eigenvalue weighted by molar-refractivity contribution is 5.97. The zero-order chi connectivity index (χ0) is 23.1. The van der Waals surface area contributed by atoms with Crippen LogP contribution in [0.1, 0.15) is 32.7 Å². The number of nitrogens with zero attached hydrogens (tertiary/aromatic N) is 5. The molecular formula is C25H20N6O3. The van der Waals surface area contributed by atoms with Gasteiger partial charge >= 0.3 is 0 Å². The molecular weight excluding hydrogens is 432 g/mol. The van der Waals surface area contributed by atoms with Gasteiger partial charge in [0.1, 0.15) is 5.52 Å². The predicted molar refractivity (Wildman–Crippen MR) is 124 cm³/mol. The van der Waals surface area contributed by atoms with Crippen LogP contribution in [0.5, 0.6) is 0 Å². The van der Waals surface area contributed by atoms with Gasteiger partial charge in [-0.15, -0.1) is 0 Å². The summed E-state index contributed by atoms with van der Waals surface area (Å²) >= 11 is 0. The molecule has 3 aromatic heterocycles. The molecule has 0 aliphatic carbocycles. The maximum atomic E-state index is 12.5. The number of benzene rings is 2. The Morgan fingerprint density at radius 3 is 2.68 bits per heavy atom. The lowest BCUT2D eigenvalue weighted by molar-refractivity contribution is 0.0652. The quantitative estimate of drug-likeness (QED) is 0.439. The topological polar surface area (TPSA) is 106 Å². The predicted octanol–water partition coefficient (Wildman–Crippen LogP) is 3.31. The molecule has 0 saturated carbocycles. The maximum Gasteiger partial charge on any atom is 0.254 e. The number of carbonyl (C=O) groups excluding carboxylic acids is 2. The highest BCUT2D eigenvalue weighted by Gasteiger charge is 2.22. The first-order valence-corrected chi connectivity index (χ1v) is 11.0. The lowest BCUT2D eigenvalue weighted by atomic mass is 10.1. The van der Waals surface area contributed by atoms with Gasteiger partial charge in [-0.1, -0.05) is 12.1 Å². The highest BCUT2D eigenvalue weighted by atomic mass is 16.3. The van der Waals surface area contributed by atoms with E-state index in [-0.39, 0.29) is 11.8 Å². The summed E-state index contributed by atoms with van der Waals surface area (Å²) in [5.41, 5.74) is 4.13. The minimum atomic E-state index is -0.213. The standard InChI is InChI=1S/C25H20N6O3/c32-22(19-14-28-25-26-8-11-31(25)15-19)27-13-16-2-4-17(5-3-16)23-29-20-12-18(6-7-21(20)34-23)24(33)30-9-1-10-30/h2-8,11-12,14-15H,1,9-10,13H2,(H,27,32). The molecule has 34 heavy (non-hydrogen) atoms. The van der Waals surface area contributed by atoms with Crippen molar-refractivity contribution in [1.29, 1.82) is 0 Å². The third-order valence-electron chi connectivity index (χ3n) is 5.94. The Bertz CT molecular complexity index is 1530. The molecule has 0 radical (unpaired) electrons. The van der Waals surface area contributed by atoms with Gasteiger partial charge in [-0.3, -0.25) is 14.0 Å². The second-order valence-corrected chi connectivity index (χ2v) is 8.20. The van der Waals surface area contributed by atoms with Crippen molar-refractivity contribution >= 4 is 28.7 Å². The van der Waals surface area contributed by atoms with Crippen LogP contribution in [0.25, 0.3) is 28.3 Å². The van der Waals surface area contributed by atoms with E-state index in [2.05, 4.69) is 20.3 Å². The second kappa shape index (κ2) is 8.11. The molecule has 0 spiro atoms.